The lowest BCUT2D eigenvalue weighted by Gasteiger charge is -2.31. The molecule has 2 unspecified atom stereocenters. The fraction of sp³-hybridized carbons (Fsp3) is 0.412. The molecule has 6 nitrogen and oxygen atoms in total. The molecule has 3 aromatic rings. The van der Waals surface area contributed by atoms with E-state index in [0.29, 0.717) is 35.2 Å². The first kappa shape index (κ1) is 30.6. The largest absolute Gasteiger partial charge is 0.350 e. The second-order valence-electron chi connectivity index (χ2n) is 11.4. The van der Waals surface area contributed by atoms with E-state index in [9.17, 15) is 9.59 Å². The first-order chi connectivity index (χ1) is 20.5. The molecule has 8 heteroatoms. The summed E-state index contributed by atoms with van der Waals surface area (Å²) in [4.78, 5) is 31.6. The zero-order valence-electron chi connectivity index (χ0n) is 24.0. The normalized spacial score (nSPS) is 20.0. The Labute approximate surface area is 259 Å². The maximum absolute atomic E-state index is 14.1. The second-order valence-corrected chi connectivity index (χ2v) is 12.2. The number of carbonyl (C=O) groups excluding carboxylic acids is 2. The summed E-state index contributed by atoms with van der Waals surface area (Å²) < 4.78 is 0. The van der Waals surface area contributed by atoms with E-state index >= 15 is 0 Å². The van der Waals surface area contributed by atoms with E-state index in [2.05, 4.69) is 64.1 Å². The van der Waals surface area contributed by atoms with Crippen molar-refractivity contribution in [2.24, 2.45) is 0 Å². The molecule has 3 aromatic carbocycles. The van der Waals surface area contributed by atoms with E-state index in [4.69, 9.17) is 23.2 Å². The minimum absolute atomic E-state index is 0.0380. The Morgan fingerprint density at radius 3 is 2.19 bits per heavy atom. The summed E-state index contributed by atoms with van der Waals surface area (Å²) in [5.41, 5.74) is 2.86. The van der Waals surface area contributed by atoms with Crippen molar-refractivity contribution in [1.82, 2.24) is 20.4 Å². The molecule has 0 aromatic heterocycles. The van der Waals surface area contributed by atoms with Gasteiger partial charge in [0.2, 0.25) is 5.91 Å². The minimum Gasteiger partial charge on any atom is -0.350 e. The molecule has 2 amide bonds. The highest BCUT2D eigenvalue weighted by molar-refractivity contribution is 6.42. The van der Waals surface area contributed by atoms with Gasteiger partial charge in [0.15, 0.2) is 0 Å². The van der Waals surface area contributed by atoms with Gasteiger partial charge < -0.3 is 20.4 Å². The number of likely N-dealkylation sites (tertiary alicyclic amines) is 1. The van der Waals surface area contributed by atoms with Gasteiger partial charge in [0.1, 0.15) is 0 Å². The topological polar surface area (TPSA) is 64.7 Å². The molecule has 0 radical (unpaired) electrons. The summed E-state index contributed by atoms with van der Waals surface area (Å²) in [5, 5.41) is 7.45. The summed E-state index contributed by atoms with van der Waals surface area (Å²) in [5.74, 6) is 0.00747. The van der Waals surface area contributed by atoms with Crippen LogP contribution in [-0.4, -0.2) is 73.0 Å². The van der Waals surface area contributed by atoms with Gasteiger partial charge in [-0.25, -0.2) is 0 Å². The highest BCUT2D eigenvalue weighted by Gasteiger charge is 2.33. The van der Waals surface area contributed by atoms with E-state index in [0.717, 1.165) is 32.5 Å². The molecule has 0 bridgehead atoms. The van der Waals surface area contributed by atoms with Crippen molar-refractivity contribution in [3.63, 3.8) is 0 Å². The van der Waals surface area contributed by atoms with Gasteiger partial charge in [-0.15, -0.1) is 0 Å². The number of benzene rings is 3. The number of amides is 2. The first-order valence-corrected chi connectivity index (χ1v) is 15.8. The van der Waals surface area contributed by atoms with Crippen LogP contribution in [0.3, 0.4) is 0 Å². The third-order valence-corrected chi connectivity index (χ3v) is 9.21. The van der Waals surface area contributed by atoms with Gasteiger partial charge >= 0.3 is 0 Å². The molecular weight excluding hydrogens is 567 g/mol. The van der Waals surface area contributed by atoms with Crippen LogP contribution in [0.15, 0.2) is 78.9 Å². The second kappa shape index (κ2) is 15.0. The van der Waals surface area contributed by atoms with Gasteiger partial charge in [-0.2, -0.15) is 0 Å². The van der Waals surface area contributed by atoms with Crippen LogP contribution in [0.25, 0.3) is 0 Å². The molecule has 2 saturated heterocycles. The minimum atomic E-state index is -0.312. The van der Waals surface area contributed by atoms with Gasteiger partial charge in [-0.1, -0.05) is 90.3 Å². The molecule has 222 valence electrons. The fourth-order valence-corrected chi connectivity index (χ4v) is 6.37. The quantitative estimate of drug-likeness (QED) is 0.297. The maximum Gasteiger partial charge on any atom is 0.251 e. The number of nitrogens with one attached hydrogen (secondary N) is 2. The van der Waals surface area contributed by atoms with E-state index in [1.165, 1.54) is 30.4 Å². The Kier molecular flexibility index (Phi) is 10.9. The van der Waals surface area contributed by atoms with Crippen LogP contribution in [0.2, 0.25) is 10.0 Å². The Morgan fingerprint density at radius 2 is 1.55 bits per heavy atom. The lowest BCUT2D eigenvalue weighted by molar-refractivity contribution is -0.133. The summed E-state index contributed by atoms with van der Waals surface area (Å²) in [6.07, 6.45) is 5.21. The van der Waals surface area contributed by atoms with Crippen molar-refractivity contribution in [2.75, 3.05) is 39.3 Å². The highest BCUT2D eigenvalue weighted by atomic mass is 35.5. The predicted molar refractivity (Wildman–Crippen MR) is 170 cm³/mol. The van der Waals surface area contributed by atoms with Gasteiger partial charge in [-0.05, 0) is 68.1 Å². The zero-order chi connectivity index (χ0) is 29.3. The average Bonchev–Trinajstić information content (AvgIpc) is 3.18. The number of halogens is 2. The van der Waals surface area contributed by atoms with Crippen LogP contribution in [0.1, 0.15) is 59.5 Å². The number of piperidine rings is 1. The smallest absolute Gasteiger partial charge is 0.251 e. The molecule has 42 heavy (non-hydrogen) atoms. The molecule has 0 saturated carbocycles. The molecule has 0 aliphatic carbocycles. The number of hydrogen-bond donors (Lipinski definition) is 2. The molecule has 2 aliphatic rings. The highest BCUT2D eigenvalue weighted by Crippen LogP contribution is 2.27. The average molecular weight is 608 g/mol. The van der Waals surface area contributed by atoms with Gasteiger partial charge in [0.25, 0.3) is 5.91 Å². The van der Waals surface area contributed by atoms with Crippen LogP contribution in [0.4, 0.5) is 0 Å². The Morgan fingerprint density at radius 1 is 0.881 bits per heavy atom. The van der Waals surface area contributed by atoms with Gasteiger partial charge in [-0.3, -0.25) is 9.59 Å². The Balaban J connectivity index is 1.31. The lowest BCUT2D eigenvalue weighted by Crippen LogP contribution is -2.50. The number of hydrogen-bond acceptors (Lipinski definition) is 4. The number of rotatable bonds is 10. The SMILES string of the molecule is O=C(NCC1CCN(CC(c2ccccc2)c2ccccc2)C(=O)C(CCN2CCCCC2)N1)c1ccc(Cl)c(Cl)c1. The lowest BCUT2D eigenvalue weighted by atomic mass is 9.90. The summed E-state index contributed by atoms with van der Waals surface area (Å²) in [6, 6.07) is 25.4. The number of carbonyl (C=O) groups is 2. The third kappa shape index (κ3) is 8.13. The maximum atomic E-state index is 14.1. The third-order valence-electron chi connectivity index (χ3n) is 8.47. The van der Waals surface area contributed by atoms with Crippen molar-refractivity contribution >= 4 is 35.0 Å². The van der Waals surface area contributed by atoms with Crippen LogP contribution >= 0.6 is 23.2 Å². The molecule has 2 heterocycles. The van der Waals surface area contributed by atoms with Crippen LogP contribution in [-0.2, 0) is 4.79 Å². The zero-order valence-corrected chi connectivity index (χ0v) is 25.5. The van der Waals surface area contributed by atoms with Gasteiger partial charge in [0.05, 0.1) is 16.1 Å². The molecule has 5 rings (SSSR count). The van der Waals surface area contributed by atoms with Crippen LogP contribution in [0, 0.1) is 0 Å². The van der Waals surface area contributed by atoms with E-state index in [-0.39, 0.29) is 29.8 Å². The van der Waals surface area contributed by atoms with Crippen molar-refractivity contribution < 1.29 is 9.59 Å². The summed E-state index contributed by atoms with van der Waals surface area (Å²) >= 11 is 12.2. The van der Waals surface area contributed by atoms with Crippen molar-refractivity contribution in [2.45, 2.75) is 50.1 Å². The Bertz CT molecular complexity index is 1280. The molecular formula is C34H40Cl2N4O2. The summed E-state index contributed by atoms with van der Waals surface area (Å²) in [6.45, 7) is 4.73. The molecule has 2 N–H and O–H groups in total. The predicted octanol–water partition coefficient (Wildman–Crippen LogP) is 5.99. The van der Waals surface area contributed by atoms with E-state index in [1.54, 1.807) is 18.2 Å². The van der Waals surface area contributed by atoms with Crippen molar-refractivity contribution in [1.29, 1.82) is 0 Å². The Hall–Kier alpha value is -2.90. The molecule has 2 fully saturated rings. The molecule has 0 spiro atoms. The first-order valence-electron chi connectivity index (χ1n) is 15.1. The van der Waals surface area contributed by atoms with Gasteiger partial charge in [0, 0.05) is 43.7 Å². The summed E-state index contributed by atoms with van der Waals surface area (Å²) in [7, 11) is 0. The number of nitrogens with zero attached hydrogens (tertiary/aromatic N) is 2. The molecule has 2 aliphatic heterocycles. The van der Waals surface area contributed by atoms with Crippen LogP contribution in [0.5, 0.6) is 0 Å². The van der Waals surface area contributed by atoms with E-state index < -0.39 is 0 Å². The van der Waals surface area contributed by atoms with E-state index in [1.807, 2.05) is 17.0 Å². The monoisotopic (exact) mass is 606 g/mol. The van der Waals surface area contributed by atoms with Crippen molar-refractivity contribution in [3.8, 4) is 0 Å². The fourth-order valence-electron chi connectivity index (χ4n) is 6.07. The van der Waals surface area contributed by atoms with Crippen molar-refractivity contribution in [3.05, 3.63) is 106 Å². The van der Waals surface area contributed by atoms with Crippen LogP contribution < -0.4 is 10.6 Å². The standard InChI is InChI=1S/C34H40Cl2N4O2/c35-30-15-14-27(22-31(30)36)33(41)37-23-28-16-21-40(34(42)32(38-28)17-20-39-18-8-3-9-19-39)24-29(25-10-4-1-5-11-25)26-12-6-2-7-13-26/h1-2,4-7,10-15,22,28-29,32,38H,3,8-9,16-21,23-24H2,(H,37,41). The molecule has 2 atom stereocenters.